The molecule has 0 saturated carbocycles. The van der Waals surface area contributed by atoms with Crippen molar-refractivity contribution in [2.45, 2.75) is 36.5 Å². The van der Waals surface area contributed by atoms with Gasteiger partial charge in [-0.25, -0.2) is 13.1 Å². The molecule has 0 aromatic heterocycles. The van der Waals surface area contributed by atoms with E-state index in [0.717, 1.165) is 19.5 Å². The van der Waals surface area contributed by atoms with Crippen molar-refractivity contribution >= 4 is 15.9 Å². The Morgan fingerprint density at radius 1 is 1.22 bits per heavy atom. The highest BCUT2D eigenvalue weighted by atomic mass is 32.2. The first-order valence-corrected chi connectivity index (χ1v) is 10.7. The number of nitrogens with zero attached hydrogens (tertiary/aromatic N) is 2. The molecular formula is C18H27N3O5S. The molecule has 2 N–H and O–H groups in total. The highest BCUT2D eigenvalue weighted by Gasteiger charge is 2.39. The summed E-state index contributed by atoms with van der Waals surface area (Å²) >= 11 is 0. The van der Waals surface area contributed by atoms with Gasteiger partial charge in [-0.3, -0.25) is 9.69 Å². The predicted molar refractivity (Wildman–Crippen MR) is 99.6 cm³/mol. The first-order valence-electron chi connectivity index (χ1n) is 9.22. The summed E-state index contributed by atoms with van der Waals surface area (Å²) in [5, 5.41) is 10.6. The Bertz CT molecular complexity index is 743. The topological polar surface area (TPSA) is 99.2 Å². The average Bonchev–Trinajstić information content (AvgIpc) is 2.85. The summed E-state index contributed by atoms with van der Waals surface area (Å²) in [5.74, 6) is 0.0735. The molecule has 3 rings (SSSR count). The van der Waals surface area contributed by atoms with Gasteiger partial charge in [0.1, 0.15) is 0 Å². The van der Waals surface area contributed by atoms with E-state index in [1.807, 2.05) is 4.90 Å². The Morgan fingerprint density at radius 2 is 1.96 bits per heavy atom. The van der Waals surface area contributed by atoms with Gasteiger partial charge in [0.2, 0.25) is 15.9 Å². The first-order chi connectivity index (χ1) is 12.9. The number of hydrogen-bond donors (Lipinski definition) is 2. The minimum absolute atomic E-state index is 0.0735. The Balaban J connectivity index is 1.55. The lowest BCUT2D eigenvalue weighted by Crippen LogP contribution is -2.47. The summed E-state index contributed by atoms with van der Waals surface area (Å²) in [6.45, 7) is 5.13. The first kappa shape index (κ1) is 20.2. The van der Waals surface area contributed by atoms with E-state index < -0.39 is 28.3 Å². The van der Waals surface area contributed by atoms with Crippen LogP contribution in [0, 0.1) is 0 Å². The number of ether oxygens (including phenoxy) is 1. The lowest BCUT2D eigenvalue weighted by Gasteiger charge is -2.26. The van der Waals surface area contributed by atoms with Crippen molar-refractivity contribution in [3.05, 3.63) is 30.3 Å². The van der Waals surface area contributed by atoms with Crippen LogP contribution in [0.5, 0.6) is 0 Å². The number of carbonyl (C=O) groups is 1. The predicted octanol–water partition coefficient (Wildman–Crippen LogP) is -0.353. The van der Waals surface area contributed by atoms with E-state index in [0.29, 0.717) is 19.6 Å². The van der Waals surface area contributed by atoms with Crippen molar-refractivity contribution in [1.29, 1.82) is 0 Å². The van der Waals surface area contributed by atoms with Gasteiger partial charge in [0.05, 0.1) is 29.8 Å². The van der Waals surface area contributed by atoms with Crippen LogP contribution in [-0.4, -0.2) is 86.8 Å². The molecule has 150 valence electrons. The number of carbonyl (C=O) groups excluding carboxylic acids is 1. The molecule has 1 aromatic rings. The van der Waals surface area contributed by atoms with E-state index in [4.69, 9.17) is 4.74 Å². The van der Waals surface area contributed by atoms with Crippen LogP contribution in [0.25, 0.3) is 0 Å². The minimum atomic E-state index is -3.70. The van der Waals surface area contributed by atoms with Crippen LogP contribution < -0.4 is 4.72 Å². The van der Waals surface area contributed by atoms with Gasteiger partial charge in [-0.2, -0.15) is 0 Å². The molecule has 0 spiro atoms. The SMILES string of the molecule is CC(=O)N1CCCN(C[C@@H]2OC[C@H](NS(=O)(=O)c3ccccc3)[C@H]2O)CC1. The number of rotatable bonds is 5. The molecule has 0 aliphatic carbocycles. The van der Waals surface area contributed by atoms with Crippen LogP contribution >= 0.6 is 0 Å². The van der Waals surface area contributed by atoms with Gasteiger partial charge in [-0.05, 0) is 25.1 Å². The van der Waals surface area contributed by atoms with Crippen LogP contribution in [0.15, 0.2) is 35.2 Å². The molecular weight excluding hydrogens is 370 g/mol. The highest BCUT2D eigenvalue weighted by molar-refractivity contribution is 7.89. The largest absolute Gasteiger partial charge is 0.389 e. The monoisotopic (exact) mass is 397 g/mol. The molecule has 2 fully saturated rings. The molecule has 0 bridgehead atoms. The fourth-order valence-electron chi connectivity index (χ4n) is 3.54. The molecule has 1 amide bonds. The van der Waals surface area contributed by atoms with Crippen LogP contribution in [-0.2, 0) is 19.6 Å². The molecule has 1 aromatic carbocycles. The smallest absolute Gasteiger partial charge is 0.240 e. The van der Waals surface area contributed by atoms with Crippen LogP contribution in [0.3, 0.4) is 0 Å². The van der Waals surface area contributed by atoms with Crippen molar-refractivity contribution < 1.29 is 23.1 Å². The summed E-state index contributed by atoms with van der Waals surface area (Å²) in [6, 6.07) is 7.41. The van der Waals surface area contributed by atoms with Gasteiger partial charge in [-0.1, -0.05) is 18.2 Å². The molecule has 2 aliphatic rings. The second kappa shape index (κ2) is 8.66. The Hall–Kier alpha value is -1.52. The molecule has 3 atom stereocenters. The second-order valence-corrected chi connectivity index (χ2v) is 8.78. The number of aliphatic hydroxyl groups excluding tert-OH is 1. The van der Waals surface area contributed by atoms with Crippen molar-refractivity contribution in [2.75, 3.05) is 39.3 Å². The fourth-order valence-corrected chi connectivity index (χ4v) is 4.80. The summed E-state index contributed by atoms with van der Waals surface area (Å²) in [5.41, 5.74) is 0. The third-order valence-corrected chi connectivity index (χ3v) is 6.62. The van der Waals surface area contributed by atoms with Gasteiger partial charge in [0.15, 0.2) is 0 Å². The molecule has 27 heavy (non-hydrogen) atoms. The Morgan fingerprint density at radius 3 is 2.67 bits per heavy atom. The van der Waals surface area contributed by atoms with Gasteiger partial charge < -0.3 is 14.7 Å². The molecule has 2 heterocycles. The second-order valence-electron chi connectivity index (χ2n) is 7.06. The Kier molecular flexibility index (Phi) is 6.48. The van der Waals surface area contributed by atoms with Gasteiger partial charge in [0.25, 0.3) is 0 Å². The summed E-state index contributed by atoms with van der Waals surface area (Å²) in [7, 11) is -3.70. The molecule has 0 radical (unpaired) electrons. The van der Waals surface area contributed by atoms with Crippen LogP contribution in [0.1, 0.15) is 13.3 Å². The maximum absolute atomic E-state index is 12.5. The van der Waals surface area contributed by atoms with E-state index in [2.05, 4.69) is 9.62 Å². The highest BCUT2D eigenvalue weighted by Crippen LogP contribution is 2.19. The molecule has 9 heteroatoms. The van der Waals surface area contributed by atoms with E-state index in [1.54, 1.807) is 25.1 Å². The summed E-state index contributed by atoms with van der Waals surface area (Å²) in [6.07, 6.45) is -0.514. The minimum Gasteiger partial charge on any atom is -0.389 e. The zero-order valence-electron chi connectivity index (χ0n) is 15.5. The van der Waals surface area contributed by atoms with Crippen LogP contribution in [0.4, 0.5) is 0 Å². The standard InChI is InChI=1S/C18H27N3O5S/c1-14(22)21-9-5-8-20(10-11-21)12-17-18(23)16(13-26-17)19-27(24,25)15-6-3-2-4-7-15/h2-4,6-7,16-19,23H,5,8-13H2,1H3/t16-,17-,18+/m0/s1. The van der Waals surface area contributed by atoms with Crippen molar-refractivity contribution in [1.82, 2.24) is 14.5 Å². The maximum atomic E-state index is 12.5. The van der Waals surface area contributed by atoms with Crippen molar-refractivity contribution in [3.8, 4) is 0 Å². The third kappa shape index (κ3) is 5.05. The van der Waals surface area contributed by atoms with Gasteiger partial charge in [0, 0.05) is 33.1 Å². The van der Waals surface area contributed by atoms with Gasteiger partial charge in [-0.15, -0.1) is 0 Å². The van der Waals surface area contributed by atoms with E-state index >= 15 is 0 Å². The fraction of sp³-hybridized carbons (Fsp3) is 0.611. The molecule has 8 nitrogen and oxygen atoms in total. The number of nitrogens with one attached hydrogen (secondary N) is 1. The summed E-state index contributed by atoms with van der Waals surface area (Å²) < 4.78 is 33.1. The van der Waals surface area contributed by atoms with E-state index in [-0.39, 0.29) is 17.4 Å². The number of hydrogen-bond acceptors (Lipinski definition) is 6. The van der Waals surface area contributed by atoms with Gasteiger partial charge >= 0.3 is 0 Å². The average molecular weight is 397 g/mol. The normalized spacial score (nSPS) is 27.5. The zero-order valence-corrected chi connectivity index (χ0v) is 16.3. The number of sulfonamides is 1. The number of benzene rings is 1. The summed E-state index contributed by atoms with van der Waals surface area (Å²) in [4.78, 5) is 15.7. The van der Waals surface area contributed by atoms with Crippen molar-refractivity contribution in [3.63, 3.8) is 0 Å². The molecule has 2 saturated heterocycles. The van der Waals surface area contributed by atoms with E-state index in [1.165, 1.54) is 12.1 Å². The van der Waals surface area contributed by atoms with Crippen LogP contribution in [0.2, 0.25) is 0 Å². The zero-order chi connectivity index (χ0) is 19.4. The molecule has 0 unspecified atom stereocenters. The number of aliphatic hydroxyl groups is 1. The van der Waals surface area contributed by atoms with Crippen molar-refractivity contribution in [2.24, 2.45) is 0 Å². The lowest BCUT2D eigenvalue weighted by molar-refractivity contribution is -0.128. The third-order valence-electron chi connectivity index (χ3n) is 5.12. The lowest BCUT2D eigenvalue weighted by atomic mass is 10.1. The Labute approximate surface area is 160 Å². The maximum Gasteiger partial charge on any atom is 0.240 e. The number of amides is 1. The molecule has 2 aliphatic heterocycles. The van der Waals surface area contributed by atoms with E-state index in [9.17, 15) is 18.3 Å². The quantitative estimate of drug-likeness (QED) is 0.705.